The van der Waals surface area contributed by atoms with E-state index in [1.165, 1.54) is 6.21 Å². The first-order valence-electron chi connectivity index (χ1n) is 9.79. The molecular formula is C20H28BrN4O5P. The Morgan fingerprint density at radius 3 is 2.52 bits per heavy atom. The Labute approximate surface area is 190 Å². The average molecular weight is 515 g/mol. The lowest BCUT2D eigenvalue weighted by molar-refractivity contribution is -0.118. The van der Waals surface area contributed by atoms with Crippen LogP contribution in [-0.4, -0.2) is 48.4 Å². The molecule has 0 spiro atoms. The van der Waals surface area contributed by atoms with E-state index >= 15 is 0 Å². The predicted molar refractivity (Wildman–Crippen MR) is 123 cm³/mol. The number of halogens is 1. The number of aromatic nitrogens is 2. The number of rotatable bonds is 11. The number of benzene rings is 1. The number of nitrogens with zero attached hydrogens (tertiary/aromatic N) is 3. The van der Waals surface area contributed by atoms with Crippen LogP contribution < -0.4 is 10.2 Å². The first kappa shape index (κ1) is 25.3. The van der Waals surface area contributed by atoms with Crippen molar-refractivity contribution in [3.05, 3.63) is 45.2 Å². The molecule has 1 aromatic heterocycles. The van der Waals surface area contributed by atoms with Crippen LogP contribution in [-0.2, 0) is 25.0 Å². The topological polar surface area (TPSA) is 104 Å². The maximum Gasteiger partial charge on any atom is 0.340 e. The molecule has 9 nitrogen and oxygen atoms in total. The van der Waals surface area contributed by atoms with E-state index in [-0.39, 0.29) is 13.2 Å². The van der Waals surface area contributed by atoms with E-state index in [0.29, 0.717) is 6.54 Å². The van der Waals surface area contributed by atoms with Gasteiger partial charge in [0.05, 0.1) is 48.9 Å². The Kier molecular flexibility index (Phi) is 9.43. The lowest BCUT2D eigenvalue weighted by Gasteiger charge is -2.15. The second-order valence-electron chi connectivity index (χ2n) is 6.61. The normalized spacial score (nSPS) is 11.8. The van der Waals surface area contributed by atoms with Crippen molar-refractivity contribution >= 4 is 35.6 Å². The van der Waals surface area contributed by atoms with E-state index in [2.05, 4.69) is 31.6 Å². The molecule has 0 bridgehead atoms. The number of methoxy groups -OCH3 is 1. The molecular weight excluding hydrogens is 487 g/mol. The molecule has 31 heavy (non-hydrogen) atoms. The van der Waals surface area contributed by atoms with E-state index < -0.39 is 19.7 Å². The number of carbonyl (C=O) groups excluding carboxylic acids is 1. The van der Waals surface area contributed by atoms with Crippen molar-refractivity contribution in [2.45, 2.75) is 34.2 Å². The molecule has 1 amide bonds. The number of carbonyl (C=O) groups is 1. The molecule has 0 aliphatic carbocycles. The Bertz CT molecular complexity index is 982. The number of nitrogens with one attached hydrogen (secondary N) is 1. The summed E-state index contributed by atoms with van der Waals surface area (Å²) in [5.41, 5.74) is 5.96. The fourth-order valence-electron chi connectivity index (χ4n) is 2.90. The van der Waals surface area contributed by atoms with Crippen molar-refractivity contribution < 1.29 is 23.1 Å². The zero-order valence-electron chi connectivity index (χ0n) is 18.3. The fourth-order valence-corrected chi connectivity index (χ4v) is 4.66. The van der Waals surface area contributed by atoms with Crippen LogP contribution in [0.2, 0.25) is 0 Å². The molecule has 11 heteroatoms. The van der Waals surface area contributed by atoms with Crippen molar-refractivity contribution in [2.75, 3.05) is 26.5 Å². The van der Waals surface area contributed by atoms with E-state index in [0.717, 1.165) is 32.7 Å². The van der Waals surface area contributed by atoms with Gasteiger partial charge in [-0.05, 0) is 67.4 Å². The number of hydrogen-bond acceptors (Lipinski definition) is 7. The van der Waals surface area contributed by atoms with Crippen LogP contribution in [0.15, 0.2) is 27.8 Å². The van der Waals surface area contributed by atoms with Crippen LogP contribution in [0.4, 0.5) is 0 Å². The molecule has 1 heterocycles. The molecule has 2 aromatic rings. The van der Waals surface area contributed by atoms with Gasteiger partial charge in [-0.3, -0.25) is 14.0 Å². The van der Waals surface area contributed by atoms with Gasteiger partial charge >= 0.3 is 7.60 Å². The van der Waals surface area contributed by atoms with Crippen LogP contribution in [0.25, 0.3) is 0 Å². The van der Waals surface area contributed by atoms with Crippen molar-refractivity contribution in [3.8, 4) is 5.75 Å². The van der Waals surface area contributed by atoms with Crippen LogP contribution in [0, 0.1) is 13.8 Å². The van der Waals surface area contributed by atoms with Gasteiger partial charge in [0.15, 0.2) is 0 Å². The quantitative estimate of drug-likeness (QED) is 0.275. The summed E-state index contributed by atoms with van der Waals surface area (Å²) in [4.78, 5) is 12.1. The maximum absolute atomic E-state index is 12.4. The van der Waals surface area contributed by atoms with Gasteiger partial charge in [-0.15, -0.1) is 0 Å². The van der Waals surface area contributed by atoms with E-state index in [1.807, 2.05) is 36.7 Å². The van der Waals surface area contributed by atoms with E-state index in [4.69, 9.17) is 13.8 Å². The summed E-state index contributed by atoms with van der Waals surface area (Å²) in [6.45, 7) is 8.19. The Hall–Kier alpha value is -2.00. The Morgan fingerprint density at radius 1 is 1.29 bits per heavy atom. The molecule has 1 N–H and O–H groups in total. The van der Waals surface area contributed by atoms with Crippen molar-refractivity contribution in [1.29, 1.82) is 0 Å². The van der Waals surface area contributed by atoms with E-state index in [9.17, 15) is 9.36 Å². The summed E-state index contributed by atoms with van der Waals surface area (Å²) in [5.74, 6) is 0.168. The molecule has 170 valence electrons. The molecule has 0 atom stereocenters. The summed E-state index contributed by atoms with van der Waals surface area (Å²) < 4.78 is 31.0. The zero-order chi connectivity index (χ0) is 23.0. The minimum absolute atomic E-state index is 0.189. The molecule has 0 fully saturated rings. The second kappa shape index (κ2) is 11.6. The van der Waals surface area contributed by atoms with Gasteiger partial charge in [0.1, 0.15) is 11.9 Å². The first-order valence-corrected chi connectivity index (χ1v) is 12.3. The predicted octanol–water partition coefficient (Wildman–Crippen LogP) is 4.04. The summed E-state index contributed by atoms with van der Waals surface area (Å²) in [7, 11) is -1.86. The molecule has 2 rings (SSSR count). The summed E-state index contributed by atoms with van der Waals surface area (Å²) in [5, 5.41) is 8.49. The van der Waals surface area contributed by atoms with Crippen LogP contribution in [0.3, 0.4) is 0 Å². The van der Waals surface area contributed by atoms with Gasteiger partial charge in [-0.1, -0.05) is 0 Å². The van der Waals surface area contributed by atoms with Crippen molar-refractivity contribution in [2.24, 2.45) is 5.10 Å². The van der Waals surface area contributed by atoms with Gasteiger partial charge in [-0.2, -0.15) is 10.2 Å². The minimum Gasteiger partial charge on any atom is -0.496 e. The van der Waals surface area contributed by atoms with Gasteiger partial charge in [0.2, 0.25) is 0 Å². The number of amides is 1. The first-order chi connectivity index (χ1) is 14.7. The smallest absolute Gasteiger partial charge is 0.340 e. The van der Waals surface area contributed by atoms with Crippen LogP contribution in [0.5, 0.6) is 5.75 Å². The largest absolute Gasteiger partial charge is 0.496 e. The molecule has 1 aromatic carbocycles. The average Bonchev–Trinajstić information content (AvgIpc) is 2.95. The van der Waals surface area contributed by atoms with Gasteiger partial charge in [0, 0.05) is 5.56 Å². The molecule has 0 saturated carbocycles. The number of aryl methyl sites for hydroxylation is 1. The standard InChI is InChI=1S/C20H28BrN4O5P/c1-6-29-31(27,30-7-2)13-19(26)23-22-11-16-8-9-18(28-5)17(10-16)12-25-15(4)20(21)14(3)24-25/h8-11H,6-7,12-13H2,1-5H3,(H,23,26). The SMILES string of the molecule is CCOP(=O)(CC(=O)NN=Cc1ccc(OC)c(Cn2nc(C)c(Br)c2C)c1)OCC. The van der Waals surface area contributed by atoms with Gasteiger partial charge < -0.3 is 13.8 Å². The minimum atomic E-state index is -3.47. The maximum atomic E-state index is 12.4. The summed E-state index contributed by atoms with van der Waals surface area (Å²) in [6, 6.07) is 5.56. The summed E-state index contributed by atoms with van der Waals surface area (Å²) in [6.07, 6.45) is 1.11. The Morgan fingerprint density at radius 2 is 1.97 bits per heavy atom. The molecule has 0 unspecified atom stereocenters. The molecule has 0 aliphatic heterocycles. The molecule has 0 radical (unpaired) electrons. The highest BCUT2D eigenvalue weighted by molar-refractivity contribution is 9.10. The van der Waals surface area contributed by atoms with E-state index in [1.54, 1.807) is 21.0 Å². The number of hydrogen-bond donors (Lipinski definition) is 1. The van der Waals surface area contributed by atoms with Crippen LogP contribution >= 0.6 is 23.5 Å². The van der Waals surface area contributed by atoms with Crippen molar-refractivity contribution in [3.63, 3.8) is 0 Å². The highest BCUT2D eigenvalue weighted by Gasteiger charge is 2.27. The number of ether oxygens (including phenoxy) is 1. The summed E-state index contributed by atoms with van der Waals surface area (Å²) >= 11 is 3.54. The fraction of sp³-hybridized carbons (Fsp3) is 0.450. The second-order valence-corrected chi connectivity index (χ2v) is 9.46. The number of hydrazone groups is 1. The lowest BCUT2D eigenvalue weighted by Crippen LogP contribution is -2.22. The van der Waals surface area contributed by atoms with Crippen molar-refractivity contribution in [1.82, 2.24) is 15.2 Å². The third-order valence-electron chi connectivity index (χ3n) is 4.31. The third-order valence-corrected chi connectivity index (χ3v) is 7.43. The highest BCUT2D eigenvalue weighted by atomic mass is 79.9. The Balaban J connectivity index is 2.10. The lowest BCUT2D eigenvalue weighted by atomic mass is 10.1. The third kappa shape index (κ3) is 7.00. The molecule has 0 aliphatic rings. The zero-order valence-corrected chi connectivity index (χ0v) is 20.8. The highest BCUT2D eigenvalue weighted by Crippen LogP contribution is 2.47. The van der Waals surface area contributed by atoms with Crippen LogP contribution in [0.1, 0.15) is 36.4 Å². The van der Waals surface area contributed by atoms with Gasteiger partial charge in [0.25, 0.3) is 5.91 Å². The monoisotopic (exact) mass is 514 g/mol. The van der Waals surface area contributed by atoms with Gasteiger partial charge in [-0.25, -0.2) is 5.43 Å². The molecule has 0 saturated heterocycles.